The SMILES string of the molecule is COC(=O)c1ccc(NC(=O)/C(C#N)=C/c2c[nH]c3ccccc23)cc1. The number of hydrogen-bond acceptors (Lipinski definition) is 4. The van der Waals surface area contributed by atoms with Crippen LogP contribution in [0.4, 0.5) is 5.69 Å². The highest BCUT2D eigenvalue weighted by Gasteiger charge is 2.12. The van der Waals surface area contributed by atoms with Gasteiger partial charge in [-0.05, 0) is 36.4 Å². The topological polar surface area (TPSA) is 95.0 Å². The maximum absolute atomic E-state index is 12.4. The molecule has 0 spiro atoms. The van der Waals surface area contributed by atoms with Gasteiger partial charge in [0.25, 0.3) is 5.91 Å². The number of aromatic amines is 1. The Hall–Kier alpha value is -3.85. The number of aromatic nitrogens is 1. The van der Waals surface area contributed by atoms with Crippen molar-refractivity contribution in [1.29, 1.82) is 5.26 Å². The van der Waals surface area contributed by atoms with E-state index in [1.54, 1.807) is 18.3 Å². The van der Waals surface area contributed by atoms with Gasteiger partial charge in [0.15, 0.2) is 0 Å². The van der Waals surface area contributed by atoms with Gasteiger partial charge in [0, 0.05) is 28.4 Å². The van der Waals surface area contributed by atoms with Crippen LogP contribution in [0.25, 0.3) is 17.0 Å². The number of esters is 1. The molecule has 0 fully saturated rings. The van der Waals surface area contributed by atoms with E-state index < -0.39 is 11.9 Å². The Morgan fingerprint density at radius 3 is 2.58 bits per heavy atom. The first kappa shape index (κ1) is 17.0. The van der Waals surface area contributed by atoms with E-state index in [-0.39, 0.29) is 5.57 Å². The number of nitrogens with zero attached hydrogens (tertiary/aromatic N) is 1. The number of carbonyl (C=O) groups is 2. The van der Waals surface area contributed by atoms with Gasteiger partial charge in [0.05, 0.1) is 12.7 Å². The van der Waals surface area contributed by atoms with Crippen molar-refractivity contribution in [2.45, 2.75) is 0 Å². The van der Waals surface area contributed by atoms with E-state index in [1.807, 2.05) is 30.3 Å². The number of hydrogen-bond donors (Lipinski definition) is 2. The fraction of sp³-hybridized carbons (Fsp3) is 0.0500. The zero-order valence-electron chi connectivity index (χ0n) is 13.9. The highest BCUT2D eigenvalue weighted by atomic mass is 16.5. The van der Waals surface area contributed by atoms with Crippen LogP contribution in [-0.2, 0) is 9.53 Å². The van der Waals surface area contributed by atoms with E-state index in [9.17, 15) is 14.9 Å². The van der Waals surface area contributed by atoms with Crippen molar-refractivity contribution in [3.05, 3.63) is 71.4 Å². The number of anilines is 1. The van der Waals surface area contributed by atoms with Crippen molar-refractivity contribution in [2.24, 2.45) is 0 Å². The highest BCUT2D eigenvalue weighted by Crippen LogP contribution is 2.21. The quantitative estimate of drug-likeness (QED) is 0.430. The lowest BCUT2D eigenvalue weighted by Gasteiger charge is -2.05. The Bertz CT molecular complexity index is 1040. The molecule has 0 aliphatic rings. The molecule has 6 nitrogen and oxygen atoms in total. The molecule has 1 heterocycles. The molecule has 6 heteroatoms. The standard InChI is InChI=1S/C20H15N3O3/c1-26-20(25)13-6-8-16(9-7-13)23-19(24)14(11-21)10-15-12-22-18-5-3-2-4-17(15)18/h2-10,12,22H,1H3,(H,23,24)/b14-10+. The van der Waals surface area contributed by atoms with E-state index in [0.29, 0.717) is 11.3 Å². The second-order valence-electron chi connectivity index (χ2n) is 5.48. The number of ether oxygens (including phenoxy) is 1. The number of H-pyrrole nitrogens is 1. The molecule has 0 unspecified atom stereocenters. The number of para-hydroxylation sites is 1. The molecule has 3 rings (SSSR count). The second kappa shape index (κ2) is 7.36. The zero-order valence-corrected chi connectivity index (χ0v) is 13.9. The molecule has 3 aromatic rings. The molecular formula is C20H15N3O3. The van der Waals surface area contributed by atoms with Crippen LogP contribution in [0.2, 0.25) is 0 Å². The van der Waals surface area contributed by atoms with Gasteiger partial charge in [-0.2, -0.15) is 5.26 Å². The van der Waals surface area contributed by atoms with E-state index in [1.165, 1.54) is 25.3 Å². The molecule has 0 atom stereocenters. The Kier molecular flexibility index (Phi) is 4.81. The summed E-state index contributed by atoms with van der Waals surface area (Å²) in [6.07, 6.45) is 3.29. The van der Waals surface area contributed by atoms with Gasteiger partial charge in [-0.25, -0.2) is 4.79 Å². The molecule has 0 bridgehead atoms. The number of amides is 1. The van der Waals surface area contributed by atoms with Crippen LogP contribution >= 0.6 is 0 Å². The van der Waals surface area contributed by atoms with Gasteiger partial charge in [-0.15, -0.1) is 0 Å². The predicted molar refractivity (Wildman–Crippen MR) is 98.3 cm³/mol. The van der Waals surface area contributed by atoms with Crippen LogP contribution in [0.1, 0.15) is 15.9 Å². The summed E-state index contributed by atoms with van der Waals surface area (Å²) in [5.74, 6) is -0.983. The van der Waals surface area contributed by atoms with Crippen molar-refractivity contribution in [3.63, 3.8) is 0 Å². The minimum Gasteiger partial charge on any atom is -0.465 e. The van der Waals surface area contributed by atoms with E-state index >= 15 is 0 Å². The number of nitrogens with one attached hydrogen (secondary N) is 2. The summed E-state index contributed by atoms with van der Waals surface area (Å²) in [5, 5.41) is 12.9. The molecule has 0 saturated heterocycles. The number of fused-ring (bicyclic) bond motifs is 1. The van der Waals surface area contributed by atoms with Gasteiger partial charge >= 0.3 is 5.97 Å². The molecule has 0 saturated carbocycles. The van der Waals surface area contributed by atoms with Crippen LogP contribution in [0.3, 0.4) is 0 Å². The third-order valence-electron chi connectivity index (χ3n) is 3.85. The molecule has 2 aromatic carbocycles. The fourth-order valence-corrected chi connectivity index (χ4v) is 2.52. The van der Waals surface area contributed by atoms with E-state index in [2.05, 4.69) is 15.0 Å². The average molecular weight is 345 g/mol. The third-order valence-corrected chi connectivity index (χ3v) is 3.85. The van der Waals surface area contributed by atoms with Gasteiger partial charge in [-0.3, -0.25) is 4.79 Å². The van der Waals surface area contributed by atoms with Gasteiger partial charge in [0.2, 0.25) is 0 Å². The maximum Gasteiger partial charge on any atom is 0.337 e. The lowest BCUT2D eigenvalue weighted by Crippen LogP contribution is -2.13. The van der Waals surface area contributed by atoms with Crippen LogP contribution < -0.4 is 5.32 Å². The summed E-state index contributed by atoms with van der Waals surface area (Å²) in [5.41, 5.74) is 2.51. The molecular weight excluding hydrogens is 330 g/mol. The molecule has 1 aromatic heterocycles. The number of nitriles is 1. The molecule has 128 valence electrons. The summed E-state index contributed by atoms with van der Waals surface area (Å²) in [4.78, 5) is 26.9. The number of methoxy groups -OCH3 is 1. The van der Waals surface area contributed by atoms with Crippen molar-refractivity contribution >= 4 is 34.5 Å². The summed E-state index contributed by atoms with van der Waals surface area (Å²) >= 11 is 0. The van der Waals surface area contributed by atoms with Crippen LogP contribution in [0.5, 0.6) is 0 Å². The van der Waals surface area contributed by atoms with Crippen molar-refractivity contribution in [3.8, 4) is 6.07 Å². The molecule has 26 heavy (non-hydrogen) atoms. The van der Waals surface area contributed by atoms with Crippen molar-refractivity contribution in [2.75, 3.05) is 12.4 Å². The Morgan fingerprint density at radius 1 is 1.15 bits per heavy atom. The summed E-state index contributed by atoms with van der Waals surface area (Å²) < 4.78 is 4.63. The van der Waals surface area contributed by atoms with Gasteiger partial charge in [0.1, 0.15) is 11.6 Å². The summed E-state index contributed by atoms with van der Waals surface area (Å²) in [7, 11) is 1.30. The zero-order chi connectivity index (χ0) is 18.5. The third kappa shape index (κ3) is 3.47. The summed E-state index contributed by atoms with van der Waals surface area (Å²) in [6, 6.07) is 15.8. The number of carbonyl (C=O) groups excluding carboxylic acids is 2. The monoisotopic (exact) mass is 345 g/mol. The molecule has 1 amide bonds. The lowest BCUT2D eigenvalue weighted by atomic mass is 10.1. The first-order valence-corrected chi connectivity index (χ1v) is 7.80. The predicted octanol–water partition coefficient (Wildman–Crippen LogP) is 3.50. The largest absolute Gasteiger partial charge is 0.465 e. The second-order valence-corrected chi connectivity index (χ2v) is 5.48. The number of benzene rings is 2. The Labute approximate surface area is 149 Å². The van der Waals surface area contributed by atoms with Crippen molar-refractivity contribution < 1.29 is 14.3 Å². The van der Waals surface area contributed by atoms with Crippen LogP contribution in [0.15, 0.2) is 60.3 Å². The first-order valence-electron chi connectivity index (χ1n) is 7.80. The van der Waals surface area contributed by atoms with Crippen LogP contribution in [0, 0.1) is 11.3 Å². The minimum atomic E-state index is -0.524. The maximum atomic E-state index is 12.4. The Balaban J connectivity index is 1.81. The average Bonchev–Trinajstić information content (AvgIpc) is 3.09. The Morgan fingerprint density at radius 2 is 1.88 bits per heavy atom. The highest BCUT2D eigenvalue weighted by molar-refractivity contribution is 6.10. The van der Waals surface area contributed by atoms with Crippen molar-refractivity contribution in [1.82, 2.24) is 4.98 Å². The first-order chi connectivity index (χ1) is 12.6. The lowest BCUT2D eigenvalue weighted by molar-refractivity contribution is -0.112. The normalized spacial score (nSPS) is 11.0. The van der Waals surface area contributed by atoms with Gasteiger partial charge in [-0.1, -0.05) is 18.2 Å². The summed E-state index contributed by atoms with van der Waals surface area (Å²) in [6.45, 7) is 0. The fourth-order valence-electron chi connectivity index (χ4n) is 2.52. The van der Waals surface area contributed by atoms with Gasteiger partial charge < -0.3 is 15.0 Å². The minimum absolute atomic E-state index is 0.0215. The molecule has 0 aliphatic carbocycles. The molecule has 0 radical (unpaired) electrons. The van der Waals surface area contributed by atoms with E-state index in [4.69, 9.17) is 0 Å². The molecule has 0 aliphatic heterocycles. The smallest absolute Gasteiger partial charge is 0.337 e. The van der Waals surface area contributed by atoms with E-state index in [0.717, 1.165) is 16.5 Å². The number of rotatable bonds is 4. The molecule has 2 N–H and O–H groups in total. The van der Waals surface area contributed by atoms with Crippen LogP contribution in [-0.4, -0.2) is 24.0 Å².